The van der Waals surface area contributed by atoms with Crippen LogP contribution in [-0.2, 0) is 11.3 Å². The van der Waals surface area contributed by atoms with Gasteiger partial charge in [-0.25, -0.2) is 4.39 Å². The monoisotopic (exact) mass is 224 g/mol. The molecule has 1 aromatic rings. The molecule has 1 rings (SSSR count). The van der Waals surface area contributed by atoms with Crippen molar-refractivity contribution < 1.29 is 9.18 Å². The van der Waals surface area contributed by atoms with E-state index in [0.29, 0.717) is 5.56 Å². The third kappa shape index (κ3) is 3.62. The molecule has 0 aliphatic rings. The van der Waals surface area contributed by atoms with Gasteiger partial charge in [0, 0.05) is 31.6 Å². The van der Waals surface area contributed by atoms with Crippen LogP contribution in [0.1, 0.15) is 18.9 Å². The zero-order valence-corrected chi connectivity index (χ0v) is 9.61. The molecule has 0 aliphatic carbocycles. The van der Waals surface area contributed by atoms with Crippen LogP contribution in [0.2, 0.25) is 0 Å². The van der Waals surface area contributed by atoms with E-state index < -0.39 is 0 Å². The first-order valence-corrected chi connectivity index (χ1v) is 5.23. The van der Waals surface area contributed by atoms with Crippen LogP contribution in [0.4, 0.5) is 4.39 Å². The molecule has 16 heavy (non-hydrogen) atoms. The summed E-state index contributed by atoms with van der Waals surface area (Å²) in [5.41, 5.74) is 6.05. The number of rotatable bonds is 4. The number of hydrogen-bond donors (Lipinski definition) is 1. The summed E-state index contributed by atoms with van der Waals surface area (Å²) < 4.78 is 13.3. The summed E-state index contributed by atoms with van der Waals surface area (Å²) in [6.45, 7) is 2.05. The summed E-state index contributed by atoms with van der Waals surface area (Å²) in [4.78, 5) is 13.1. The van der Waals surface area contributed by atoms with Gasteiger partial charge in [-0.15, -0.1) is 0 Å². The van der Waals surface area contributed by atoms with Gasteiger partial charge in [-0.05, 0) is 13.0 Å². The molecule has 0 aliphatic heterocycles. The molecule has 2 N–H and O–H groups in total. The molecular weight excluding hydrogens is 207 g/mol. The highest BCUT2D eigenvalue weighted by Crippen LogP contribution is 2.09. The number of nitrogens with two attached hydrogens (primary N) is 1. The third-order valence-corrected chi connectivity index (χ3v) is 2.29. The van der Waals surface area contributed by atoms with Crippen molar-refractivity contribution in [2.75, 3.05) is 7.05 Å². The van der Waals surface area contributed by atoms with Crippen molar-refractivity contribution in [2.24, 2.45) is 5.73 Å². The van der Waals surface area contributed by atoms with Crippen molar-refractivity contribution in [1.82, 2.24) is 4.90 Å². The second-order valence-corrected chi connectivity index (χ2v) is 4.02. The maximum Gasteiger partial charge on any atom is 0.224 e. The Morgan fingerprint density at radius 3 is 2.69 bits per heavy atom. The lowest BCUT2D eigenvalue weighted by Gasteiger charge is -2.18. The van der Waals surface area contributed by atoms with E-state index in [-0.39, 0.29) is 30.7 Å². The maximum atomic E-state index is 13.3. The topological polar surface area (TPSA) is 46.3 Å². The van der Waals surface area contributed by atoms with Crippen LogP contribution in [0.5, 0.6) is 0 Å². The Hall–Kier alpha value is -1.42. The second kappa shape index (κ2) is 5.61. The molecule has 0 fully saturated rings. The zero-order valence-electron chi connectivity index (χ0n) is 9.61. The highest BCUT2D eigenvalue weighted by Gasteiger charge is 2.12. The molecule has 0 bridgehead atoms. The minimum atomic E-state index is -0.289. The average Bonchev–Trinajstić information content (AvgIpc) is 2.20. The summed E-state index contributed by atoms with van der Waals surface area (Å²) in [6.07, 6.45) is 0.283. The van der Waals surface area contributed by atoms with Gasteiger partial charge >= 0.3 is 0 Å². The molecule has 0 spiro atoms. The summed E-state index contributed by atoms with van der Waals surface area (Å²) in [5, 5.41) is 0. The van der Waals surface area contributed by atoms with Gasteiger partial charge in [-0.1, -0.05) is 18.2 Å². The molecule has 1 amide bonds. The van der Waals surface area contributed by atoms with E-state index in [9.17, 15) is 9.18 Å². The molecular formula is C12H17FN2O. The van der Waals surface area contributed by atoms with Crippen LogP contribution in [0.25, 0.3) is 0 Å². The Morgan fingerprint density at radius 1 is 1.50 bits per heavy atom. The number of halogens is 1. The molecule has 0 heterocycles. The van der Waals surface area contributed by atoms with Gasteiger partial charge < -0.3 is 10.6 Å². The van der Waals surface area contributed by atoms with Crippen LogP contribution >= 0.6 is 0 Å². The van der Waals surface area contributed by atoms with E-state index in [4.69, 9.17) is 5.73 Å². The minimum Gasteiger partial charge on any atom is -0.341 e. The zero-order chi connectivity index (χ0) is 12.1. The average molecular weight is 224 g/mol. The molecule has 3 nitrogen and oxygen atoms in total. The van der Waals surface area contributed by atoms with Gasteiger partial charge in [-0.3, -0.25) is 4.79 Å². The van der Waals surface area contributed by atoms with Crippen LogP contribution in [0.3, 0.4) is 0 Å². The first-order valence-electron chi connectivity index (χ1n) is 5.23. The highest BCUT2D eigenvalue weighted by atomic mass is 19.1. The Bertz CT molecular complexity index is 366. The molecule has 0 saturated carbocycles. The Labute approximate surface area is 95.0 Å². The fraction of sp³-hybridized carbons (Fsp3) is 0.417. The lowest BCUT2D eigenvalue weighted by molar-refractivity contribution is -0.130. The quantitative estimate of drug-likeness (QED) is 0.842. The van der Waals surface area contributed by atoms with Crippen LogP contribution in [0, 0.1) is 5.82 Å². The van der Waals surface area contributed by atoms with Gasteiger partial charge in [0.25, 0.3) is 0 Å². The SMILES string of the molecule is CC(N)CC(=O)N(C)Cc1ccccc1F. The number of nitrogens with zero attached hydrogens (tertiary/aromatic N) is 1. The van der Waals surface area contributed by atoms with E-state index in [2.05, 4.69) is 0 Å². The number of hydrogen-bond acceptors (Lipinski definition) is 2. The molecule has 0 aromatic heterocycles. The minimum absolute atomic E-state index is 0.0711. The lowest BCUT2D eigenvalue weighted by Crippen LogP contribution is -2.31. The normalized spacial score (nSPS) is 12.2. The fourth-order valence-electron chi connectivity index (χ4n) is 1.40. The van der Waals surface area contributed by atoms with Crippen molar-refractivity contribution >= 4 is 5.91 Å². The van der Waals surface area contributed by atoms with E-state index in [1.165, 1.54) is 11.0 Å². The molecule has 0 radical (unpaired) electrons. The largest absolute Gasteiger partial charge is 0.341 e. The van der Waals surface area contributed by atoms with E-state index in [0.717, 1.165) is 0 Å². The summed E-state index contributed by atoms with van der Waals surface area (Å²) in [5.74, 6) is -0.360. The molecule has 0 saturated heterocycles. The standard InChI is InChI=1S/C12H17FN2O/c1-9(14)7-12(16)15(2)8-10-5-3-4-6-11(10)13/h3-6,9H,7-8,14H2,1-2H3. The number of amides is 1. The first kappa shape index (κ1) is 12.6. The predicted octanol–water partition coefficient (Wildman–Crippen LogP) is 1.52. The lowest BCUT2D eigenvalue weighted by atomic mass is 10.2. The van der Waals surface area contributed by atoms with Crippen molar-refractivity contribution in [3.8, 4) is 0 Å². The van der Waals surface area contributed by atoms with Crippen molar-refractivity contribution in [1.29, 1.82) is 0 Å². The number of benzene rings is 1. The number of carbonyl (C=O) groups excluding carboxylic acids is 1. The second-order valence-electron chi connectivity index (χ2n) is 4.02. The Balaban J connectivity index is 2.61. The summed E-state index contributed by atoms with van der Waals surface area (Å²) in [6, 6.07) is 6.27. The van der Waals surface area contributed by atoms with E-state index >= 15 is 0 Å². The number of carbonyl (C=O) groups is 1. The first-order chi connectivity index (χ1) is 7.50. The van der Waals surface area contributed by atoms with Gasteiger partial charge in [-0.2, -0.15) is 0 Å². The van der Waals surface area contributed by atoms with Gasteiger partial charge in [0.05, 0.1) is 0 Å². The van der Waals surface area contributed by atoms with E-state index in [1.807, 2.05) is 0 Å². The van der Waals surface area contributed by atoms with Gasteiger partial charge in [0.2, 0.25) is 5.91 Å². The third-order valence-electron chi connectivity index (χ3n) is 2.29. The van der Waals surface area contributed by atoms with Crippen LogP contribution in [0.15, 0.2) is 24.3 Å². The van der Waals surface area contributed by atoms with Gasteiger partial charge in [0.1, 0.15) is 5.82 Å². The summed E-state index contributed by atoms with van der Waals surface area (Å²) >= 11 is 0. The predicted molar refractivity (Wildman–Crippen MR) is 61.1 cm³/mol. The molecule has 1 unspecified atom stereocenters. The molecule has 88 valence electrons. The van der Waals surface area contributed by atoms with E-state index in [1.54, 1.807) is 32.2 Å². The van der Waals surface area contributed by atoms with Gasteiger partial charge in [0.15, 0.2) is 0 Å². The van der Waals surface area contributed by atoms with Crippen LogP contribution < -0.4 is 5.73 Å². The highest BCUT2D eigenvalue weighted by molar-refractivity contribution is 5.76. The summed E-state index contributed by atoms with van der Waals surface area (Å²) in [7, 11) is 1.65. The molecule has 1 atom stereocenters. The van der Waals surface area contributed by atoms with Crippen molar-refractivity contribution in [3.63, 3.8) is 0 Å². The van der Waals surface area contributed by atoms with Crippen molar-refractivity contribution in [3.05, 3.63) is 35.6 Å². The Kier molecular flexibility index (Phi) is 4.43. The van der Waals surface area contributed by atoms with Crippen molar-refractivity contribution in [2.45, 2.75) is 25.9 Å². The fourth-order valence-corrected chi connectivity index (χ4v) is 1.40. The molecule has 1 aromatic carbocycles. The smallest absolute Gasteiger partial charge is 0.224 e. The Morgan fingerprint density at radius 2 is 2.12 bits per heavy atom. The van der Waals surface area contributed by atoms with Crippen LogP contribution in [-0.4, -0.2) is 23.9 Å². The maximum absolute atomic E-state index is 13.3. The molecule has 4 heteroatoms.